The molecule has 0 aliphatic heterocycles. The van der Waals surface area contributed by atoms with E-state index in [9.17, 15) is 8.42 Å². The summed E-state index contributed by atoms with van der Waals surface area (Å²) in [5, 5.41) is 0. The smallest absolute Gasteiger partial charge is 0.262 e. The minimum atomic E-state index is -3.84. The molecule has 192 valence electrons. The predicted molar refractivity (Wildman–Crippen MR) is 144 cm³/mol. The van der Waals surface area contributed by atoms with Crippen LogP contribution in [0, 0.1) is 0 Å². The van der Waals surface area contributed by atoms with E-state index in [1.165, 1.54) is 7.11 Å². The van der Waals surface area contributed by atoms with E-state index in [-0.39, 0.29) is 10.3 Å². The van der Waals surface area contributed by atoms with Crippen molar-refractivity contribution in [3.05, 3.63) is 71.3 Å². The second-order valence-corrected chi connectivity index (χ2v) is 10.8. The molecule has 3 aromatic carbocycles. The van der Waals surface area contributed by atoms with Crippen molar-refractivity contribution in [2.24, 2.45) is 0 Å². The highest BCUT2D eigenvalue weighted by Gasteiger charge is 2.20. The highest BCUT2D eigenvalue weighted by molar-refractivity contribution is 7.92. The molecule has 36 heavy (non-hydrogen) atoms. The molecule has 0 atom stereocenters. The van der Waals surface area contributed by atoms with Crippen LogP contribution < -0.4 is 23.7 Å². The Morgan fingerprint density at radius 2 is 1.33 bits per heavy atom. The summed E-state index contributed by atoms with van der Waals surface area (Å²) < 4.78 is 50.7. The van der Waals surface area contributed by atoms with Crippen molar-refractivity contribution >= 4 is 27.9 Å². The van der Waals surface area contributed by atoms with E-state index >= 15 is 0 Å². The first-order valence-corrected chi connectivity index (χ1v) is 12.8. The van der Waals surface area contributed by atoms with Crippen LogP contribution in [0.2, 0.25) is 0 Å². The molecule has 0 heterocycles. The normalized spacial score (nSPS) is 11.9. The Morgan fingerprint density at radius 3 is 1.89 bits per heavy atom. The number of methoxy groups -OCH3 is 4. The zero-order valence-corrected chi connectivity index (χ0v) is 22.5. The maximum Gasteiger partial charge on any atom is 0.262 e. The molecule has 7 nitrogen and oxygen atoms in total. The number of ether oxygens (including phenoxy) is 4. The monoisotopic (exact) mass is 511 g/mol. The van der Waals surface area contributed by atoms with Gasteiger partial charge in [0, 0.05) is 0 Å². The van der Waals surface area contributed by atoms with Crippen LogP contribution in [0.15, 0.2) is 59.5 Å². The van der Waals surface area contributed by atoms with Gasteiger partial charge in [-0.1, -0.05) is 51.1 Å². The number of nitrogens with one attached hydrogen (secondary N) is 1. The highest BCUT2D eigenvalue weighted by Crippen LogP contribution is 2.39. The van der Waals surface area contributed by atoms with Crippen molar-refractivity contribution in [1.29, 1.82) is 0 Å². The minimum absolute atomic E-state index is 0.180. The first-order valence-electron chi connectivity index (χ1n) is 11.3. The summed E-state index contributed by atoms with van der Waals surface area (Å²) in [7, 11) is 2.33. The molecule has 0 amide bonds. The first-order chi connectivity index (χ1) is 17.0. The summed E-state index contributed by atoms with van der Waals surface area (Å²) in [6.45, 7) is 6.12. The number of sulfonamides is 1. The summed E-state index contributed by atoms with van der Waals surface area (Å²) in [6, 6.07) is 15.9. The van der Waals surface area contributed by atoms with Crippen LogP contribution in [-0.2, 0) is 15.4 Å². The molecule has 0 radical (unpaired) electrons. The molecule has 0 aromatic heterocycles. The fourth-order valence-electron chi connectivity index (χ4n) is 3.63. The van der Waals surface area contributed by atoms with Crippen molar-refractivity contribution in [3.63, 3.8) is 0 Å². The maximum absolute atomic E-state index is 13.2. The van der Waals surface area contributed by atoms with Crippen LogP contribution >= 0.6 is 0 Å². The van der Waals surface area contributed by atoms with Gasteiger partial charge in [0.1, 0.15) is 5.75 Å². The average Bonchev–Trinajstić information content (AvgIpc) is 2.86. The lowest BCUT2D eigenvalue weighted by molar-refractivity contribution is 0.324. The van der Waals surface area contributed by atoms with Crippen LogP contribution in [0.5, 0.6) is 23.0 Å². The summed E-state index contributed by atoms with van der Waals surface area (Å²) in [6.07, 6.45) is 3.73. The lowest BCUT2D eigenvalue weighted by atomic mass is 9.87. The summed E-state index contributed by atoms with van der Waals surface area (Å²) >= 11 is 0. The molecule has 0 bridgehead atoms. The first kappa shape index (κ1) is 26.9. The molecule has 0 spiro atoms. The van der Waals surface area contributed by atoms with E-state index < -0.39 is 10.0 Å². The van der Waals surface area contributed by atoms with Crippen molar-refractivity contribution in [1.82, 2.24) is 0 Å². The average molecular weight is 512 g/mol. The number of rotatable bonds is 9. The standard InChI is InChI=1S/C28H33NO6S/c1-28(2,3)21-9-8-10-22(18-21)36(30,31)29-23-15-19(13-14-24(23)32-4)11-12-20-16-25(33-5)27(35-7)26(17-20)34-6/h8-18,29H,1-7H3. The molecule has 0 fully saturated rings. The number of hydrogen-bond acceptors (Lipinski definition) is 6. The summed E-state index contributed by atoms with van der Waals surface area (Å²) in [5.41, 5.74) is 2.68. The zero-order chi connectivity index (χ0) is 26.5. The Hall–Kier alpha value is -3.65. The molecule has 3 rings (SSSR count). The van der Waals surface area contributed by atoms with Crippen molar-refractivity contribution in [3.8, 4) is 23.0 Å². The molecule has 0 saturated carbocycles. The van der Waals surface area contributed by atoms with E-state index in [1.54, 1.807) is 51.7 Å². The molecular weight excluding hydrogens is 478 g/mol. The van der Waals surface area contributed by atoms with Crippen LogP contribution in [0.4, 0.5) is 5.69 Å². The third-order valence-electron chi connectivity index (χ3n) is 5.63. The molecule has 0 unspecified atom stereocenters. The Bertz CT molecular complexity index is 1330. The van der Waals surface area contributed by atoms with Gasteiger partial charge in [-0.05, 0) is 58.5 Å². The van der Waals surface area contributed by atoms with Gasteiger partial charge < -0.3 is 18.9 Å². The third-order valence-corrected chi connectivity index (χ3v) is 7.00. The van der Waals surface area contributed by atoms with Gasteiger partial charge in [0.15, 0.2) is 11.5 Å². The van der Waals surface area contributed by atoms with Crippen LogP contribution in [0.1, 0.15) is 37.5 Å². The lowest BCUT2D eigenvalue weighted by Crippen LogP contribution is -2.16. The Kier molecular flexibility index (Phi) is 8.20. The van der Waals surface area contributed by atoms with Gasteiger partial charge in [0.2, 0.25) is 5.75 Å². The van der Waals surface area contributed by atoms with E-state index in [2.05, 4.69) is 4.72 Å². The van der Waals surface area contributed by atoms with E-state index in [0.717, 1.165) is 16.7 Å². The van der Waals surface area contributed by atoms with Gasteiger partial charge in [-0.3, -0.25) is 4.72 Å². The molecule has 0 saturated heterocycles. The Balaban J connectivity index is 1.94. The van der Waals surface area contributed by atoms with Gasteiger partial charge in [0.05, 0.1) is 39.0 Å². The van der Waals surface area contributed by atoms with Crippen LogP contribution in [0.3, 0.4) is 0 Å². The fourth-order valence-corrected chi connectivity index (χ4v) is 4.74. The van der Waals surface area contributed by atoms with Gasteiger partial charge in [-0.25, -0.2) is 8.42 Å². The van der Waals surface area contributed by atoms with Gasteiger partial charge in [-0.15, -0.1) is 0 Å². The molecule has 0 aliphatic carbocycles. The molecular formula is C28H33NO6S. The molecule has 0 aliphatic rings. The zero-order valence-electron chi connectivity index (χ0n) is 21.7. The Morgan fingerprint density at radius 1 is 0.722 bits per heavy atom. The van der Waals surface area contributed by atoms with Crippen LogP contribution in [0.25, 0.3) is 12.2 Å². The largest absolute Gasteiger partial charge is 0.495 e. The minimum Gasteiger partial charge on any atom is -0.495 e. The summed E-state index contributed by atoms with van der Waals surface area (Å²) in [4.78, 5) is 0.190. The maximum atomic E-state index is 13.2. The highest BCUT2D eigenvalue weighted by atomic mass is 32.2. The second kappa shape index (κ2) is 11.0. The third kappa shape index (κ3) is 6.12. The molecule has 8 heteroatoms. The van der Waals surface area contributed by atoms with E-state index in [1.807, 2.05) is 57.2 Å². The van der Waals surface area contributed by atoms with Crippen LogP contribution in [-0.4, -0.2) is 36.9 Å². The van der Waals surface area contributed by atoms with Crippen molar-refractivity contribution in [2.45, 2.75) is 31.1 Å². The predicted octanol–water partition coefficient (Wildman–Crippen LogP) is 5.99. The van der Waals surface area contributed by atoms with E-state index in [0.29, 0.717) is 28.7 Å². The van der Waals surface area contributed by atoms with Gasteiger partial charge in [-0.2, -0.15) is 0 Å². The van der Waals surface area contributed by atoms with Crippen molar-refractivity contribution < 1.29 is 27.4 Å². The Labute approximate surface area is 213 Å². The van der Waals surface area contributed by atoms with Gasteiger partial charge >= 0.3 is 0 Å². The number of benzene rings is 3. The SMILES string of the molecule is COc1ccc(C=Cc2cc(OC)c(OC)c(OC)c2)cc1NS(=O)(=O)c1cccc(C(C)(C)C)c1. The van der Waals surface area contributed by atoms with Crippen molar-refractivity contribution in [2.75, 3.05) is 33.2 Å². The molecule has 1 N–H and O–H groups in total. The van der Waals surface area contributed by atoms with Gasteiger partial charge in [0.25, 0.3) is 10.0 Å². The second-order valence-electron chi connectivity index (χ2n) is 9.14. The molecule has 3 aromatic rings. The fraction of sp³-hybridized carbons (Fsp3) is 0.286. The van der Waals surface area contributed by atoms with E-state index in [4.69, 9.17) is 18.9 Å². The lowest BCUT2D eigenvalue weighted by Gasteiger charge is -2.20. The quantitative estimate of drug-likeness (QED) is 0.355. The topological polar surface area (TPSA) is 83.1 Å². The number of hydrogen-bond donors (Lipinski definition) is 1. The number of anilines is 1. The summed E-state index contributed by atoms with van der Waals surface area (Å²) in [5.74, 6) is 2.00.